The van der Waals surface area contributed by atoms with E-state index in [9.17, 15) is 8.42 Å². The summed E-state index contributed by atoms with van der Waals surface area (Å²) in [5, 5.41) is 0. The quantitative estimate of drug-likeness (QED) is 0.813. The number of aryl methyl sites for hydroxylation is 1. The van der Waals surface area contributed by atoms with Crippen LogP contribution < -0.4 is 4.31 Å². The van der Waals surface area contributed by atoms with E-state index in [1.807, 2.05) is 19.1 Å². The van der Waals surface area contributed by atoms with Crippen LogP contribution in [-0.4, -0.2) is 52.6 Å². The molecule has 1 aliphatic rings. The molecule has 1 fully saturated rings. The van der Waals surface area contributed by atoms with Crippen LogP contribution in [0.25, 0.3) is 0 Å². The molecule has 0 spiro atoms. The lowest BCUT2D eigenvalue weighted by Crippen LogP contribution is -2.37. The molecule has 0 atom stereocenters. The molecule has 0 radical (unpaired) electrons. The van der Waals surface area contributed by atoms with E-state index in [-0.39, 0.29) is 5.92 Å². The molecule has 1 aromatic heterocycles. The Morgan fingerprint density at radius 3 is 2.57 bits per heavy atom. The maximum Gasteiger partial charge on any atom is 0.233 e. The standard InChI is InChI=1S/C14H22N2O4S/c1-3-12-4-5-15-14(8-12)16(21(2,17)18)9-13-10-19-6-7-20-11-13/h4-5,8,13H,3,6-7,9-11H2,1-2H3. The lowest BCUT2D eigenvalue weighted by Gasteiger charge is -2.25. The van der Waals surface area contributed by atoms with Gasteiger partial charge in [-0.1, -0.05) is 6.92 Å². The zero-order valence-electron chi connectivity index (χ0n) is 12.5. The fourth-order valence-electron chi connectivity index (χ4n) is 2.22. The third-order valence-corrected chi connectivity index (χ3v) is 4.51. The van der Waals surface area contributed by atoms with E-state index in [0.717, 1.165) is 12.0 Å². The average Bonchev–Trinajstić information content (AvgIpc) is 2.72. The second kappa shape index (κ2) is 7.20. The second-order valence-electron chi connectivity index (χ2n) is 5.19. The summed E-state index contributed by atoms with van der Waals surface area (Å²) >= 11 is 0. The molecule has 21 heavy (non-hydrogen) atoms. The van der Waals surface area contributed by atoms with Gasteiger partial charge < -0.3 is 9.47 Å². The molecule has 0 unspecified atom stereocenters. The summed E-state index contributed by atoms with van der Waals surface area (Å²) in [6, 6.07) is 3.71. The first-order chi connectivity index (χ1) is 10.0. The molecule has 0 aliphatic carbocycles. The number of hydrogen-bond acceptors (Lipinski definition) is 5. The molecule has 2 heterocycles. The molecule has 0 amide bonds. The fraction of sp³-hybridized carbons (Fsp3) is 0.643. The summed E-state index contributed by atoms with van der Waals surface area (Å²) in [5.41, 5.74) is 1.06. The van der Waals surface area contributed by atoms with E-state index in [4.69, 9.17) is 9.47 Å². The Morgan fingerprint density at radius 2 is 2.00 bits per heavy atom. The van der Waals surface area contributed by atoms with Gasteiger partial charge >= 0.3 is 0 Å². The van der Waals surface area contributed by atoms with Crippen LogP contribution in [0.15, 0.2) is 18.3 Å². The number of rotatable bonds is 5. The van der Waals surface area contributed by atoms with Gasteiger partial charge in [0.15, 0.2) is 0 Å². The first-order valence-electron chi connectivity index (χ1n) is 7.09. The van der Waals surface area contributed by atoms with Crippen molar-refractivity contribution in [2.75, 3.05) is 43.5 Å². The van der Waals surface area contributed by atoms with Gasteiger partial charge in [0, 0.05) is 18.7 Å². The van der Waals surface area contributed by atoms with Crippen molar-refractivity contribution in [1.82, 2.24) is 4.98 Å². The monoisotopic (exact) mass is 314 g/mol. The van der Waals surface area contributed by atoms with Crippen molar-refractivity contribution in [3.05, 3.63) is 23.9 Å². The normalized spacial score (nSPS) is 17.4. The highest BCUT2D eigenvalue weighted by molar-refractivity contribution is 7.92. The molecule has 6 nitrogen and oxygen atoms in total. The highest BCUT2D eigenvalue weighted by Gasteiger charge is 2.24. The molecule has 0 N–H and O–H groups in total. The number of nitrogens with zero attached hydrogens (tertiary/aromatic N) is 2. The smallest absolute Gasteiger partial charge is 0.233 e. The Hall–Kier alpha value is -1.18. The van der Waals surface area contributed by atoms with Crippen LogP contribution in [0.4, 0.5) is 5.82 Å². The highest BCUT2D eigenvalue weighted by atomic mass is 32.2. The second-order valence-corrected chi connectivity index (χ2v) is 7.09. The molecule has 0 saturated carbocycles. The Bertz CT molecular complexity index is 554. The predicted octanol–water partition coefficient (Wildman–Crippen LogP) is 1.07. The predicted molar refractivity (Wildman–Crippen MR) is 80.9 cm³/mol. The van der Waals surface area contributed by atoms with Gasteiger partial charge in [0.1, 0.15) is 5.82 Å². The third-order valence-electron chi connectivity index (χ3n) is 3.38. The number of hydrogen-bond donors (Lipinski definition) is 0. The summed E-state index contributed by atoms with van der Waals surface area (Å²) in [4.78, 5) is 4.21. The molecule has 0 bridgehead atoms. The molecular weight excluding hydrogens is 292 g/mol. The highest BCUT2D eigenvalue weighted by Crippen LogP contribution is 2.19. The summed E-state index contributed by atoms with van der Waals surface area (Å²) in [7, 11) is -3.39. The van der Waals surface area contributed by atoms with Crippen LogP contribution in [-0.2, 0) is 25.9 Å². The average molecular weight is 314 g/mol. The first-order valence-corrected chi connectivity index (χ1v) is 8.93. The number of anilines is 1. The van der Waals surface area contributed by atoms with E-state index >= 15 is 0 Å². The summed E-state index contributed by atoms with van der Waals surface area (Å²) in [5.74, 6) is 0.468. The Labute approximate surface area is 126 Å². The van der Waals surface area contributed by atoms with Gasteiger partial charge in [-0.25, -0.2) is 13.4 Å². The lowest BCUT2D eigenvalue weighted by molar-refractivity contribution is 0.103. The van der Waals surface area contributed by atoms with Crippen molar-refractivity contribution < 1.29 is 17.9 Å². The molecule has 118 valence electrons. The first kappa shape index (κ1) is 16.2. The van der Waals surface area contributed by atoms with Crippen molar-refractivity contribution in [2.45, 2.75) is 13.3 Å². The van der Waals surface area contributed by atoms with Gasteiger partial charge in [0.2, 0.25) is 10.0 Å². The summed E-state index contributed by atoms with van der Waals surface area (Å²) in [6.07, 6.45) is 3.68. The maximum atomic E-state index is 12.1. The molecule has 1 saturated heterocycles. The number of aromatic nitrogens is 1. The molecule has 7 heteroatoms. The minimum absolute atomic E-state index is 0.00862. The largest absolute Gasteiger partial charge is 0.379 e. The Morgan fingerprint density at radius 1 is 1.33 bits per heavy atom. The van der Waals surface area contributed by atoms with Crippen molar-refractivity contribution in [1.29, 1.82) is 0 Å². The maximum absolute atomic E-state index is 12.1. The van der Waals surface area contributed by atoms with Crippen LogP contribution in [0.5, 0.6) is 0 Å². The van der Waals surface area contributed by atoms with E-state index < -0.39 is 10.0 Å². The number of ether oxygens (including phenoxy) is 2. The molecule has 1 aliphatic heterocycles. The molecule has 1 aromatic rings. The van der Waals surface area contributed by atoms with Crippen LogP contribution in [0.2, 0.25) is 0 Å². The van der Waals surface area contributed by atoms with Crippen molar-refractivity contribution in [3.63, 3.8) is 0 Å². The fourth-order valence-corrected chi connectivity index (χ4v) is 3.14. The molecule has 0 aromatic carbocycles. The SMILES string of the molecule is CCc1ccnc(N(CC2COCCOC2)S(C)(=O)=O)c1. The lowest BCUT2D eigenvalue weighted by atomic mass is 10.1. The molecule has 2 rings (SSSR count). The van der Waals surface area contributed by atoms with Crippen molar-refractivity contribution in [2.24, 2.45) is 5.92 Å². The van der Waals surface area contributed by atoms with Crippen molar-refractivity contribution in [3.8, 4) is 0 Å². The summed E-state index contributed by atoms with van der Waals surface area (Å²) < 4.78 is 36.4. The van der Waals surface area contributed by atoms with E-state index in [1.54, 1.807) is 6.20 Å². The zero-order chi connectivity index (χ0) is 15.3. The number of pyridine rings is 1. The van der Waals surface area contributed by atoms with Gasteiger partial charge in [0.25, 0.3) is 0 Å². The van der Waals surface area contributed by atoms with Crippen LogP contribution in [0.3, 0.4) is 0 Å². The third kappa shape index (κ3) is 4.66. The van der Waals surface area contributed by atoms with Gasteiger partial charge in [-0.3, -0.25) is 4.31 Å². The van der Waals surface area contributed by atoms with Gasteiger partial charge in [-0.2, -0.15) is 0 Å². The van der Waals surface area contributed by atoms with Gasteiger partial charge in [-0.05, 0) is 24.1 Å². The Kier molecular flexibility index (Phi) is 5.55. The topological polar surface area (TPSA) is 68.7 Å². The minimum atomic E-state index is -3.39. The van der Waals surface area contributed by atoms with Crippen LogP contribution >= 0.6 is 0 Å². The van der Waals surface area contributed by atoms with E-state index in [2.05, 4.69) is 4.98 Å². The van der Waals surface area contributed by atoms with Crippen molar-refractivity contribution >= 4 is 15.8 Å². The van der Waals surface area contributed by atoms with E-state index in [0.29, 0.717) is 38.8 Å². The zero-order valence-corrected chi connectivity index (χ0v) is 13.3. The number of sulfonamides is 1. The van der Waals surface area contributed by atoms with Crippen LogP contribution in [0, 0.1) is 5.92 Å². The summed E-state index contributed by atoms with van der Waals surface area (Å²) in [6.45, 7) is 4.45. The molecular formula is C14H22N2O4S. The van der Waals surface area contributed by atoms with Gasteiger partial charge in [0.05, 0.1) is 32.7 Å². The Balaban J connectivity index is 2.21. The van der Waals surface area contributed by atoms with Gasteiger partial charge in [-0.15, -0.1) is 0 Å². The van der Waals surface area contributed by atoms with Crippen LogP contribution in [0.1, 0.15) is 12.5 Å². The minimum Gasteiger partial charge on any atom is -0.379 e. The van der Waals surface area contributed by atoms with E-state index in [1.165, 1.54) is 10.6 Å².